The summed E-state index contributed by atoms with van der Waals surface area (Å²) in [6, 6.07) is 24.4. The summed E-state index contributed by atoms with van der Waals surface area (Å²) in [5, 5.41) is 4.64. The van der Waals surface area contributed by atoms with Crippen LogP contribution in [0, 0.1) is 13.8 Å². The average Bonchev–Trinajstić information content (AvgIpc) is 2.89. The third-order valence-corrected chi connectivity index (χ3v) is 7.35. The molecule has 1 saturated heterocycles. The zero-order valence-corrected chi connectivity index (χ0v) is 20.5. The lowest BCUT2D eigenvalue weighted by Gasteiger charge is -2.32. The van der Waals surface area contributed by atoms with E-state index < -0.39 is 0 Å². The van der Waals surface area contributed by atoms with Gasteiger partial charge in [0.05, 0.1) is 0 Å². The van der Waals surface area contributed by atoms with Crippen LogP contribution < -0.4 is 10.9 Å². The third kappa shape index (κ3) is 4.34. The lowest BCUT2D eigenvalue weighted by molar-refractivity contribution is 0.194. The Bertz CT molecular complexity index is 1430. The number of aryl methyl sites for hydroxylation is 2. The molecular formula is C30H31N3O2. The van der Waals surface area contributed by atoms with Crippen molar-refractivity contribution < 1.29 is 4.79 Å². The number of hydrogen-bond acceptors (Lipinski definition) is 2. The summed E-state index contributed by atoms with van der Waals surface area (Å²) in [7, 11) is 1.74. The van der Waals surface area contributed by atoms with E-state index in [1.165, 1.54) is 5.56 Å². The first-order chi connectivity index (χ1) is 16.9. The van der Waals surface area contributed by atoms with Gasteiger partial charge in [0.25, 0.3) is 5.56 Å². The van der Waals surface area contributed by atoms with Gasteiger partial charge in [-0.25, -0.2) is 4.79 Å². The molecule has 1 fully saturated rings. The molecule has 0 atom stereocenters. The second-order valence-corrected chi connectivity index (χ2v) is 9.54. The number of carbonyl (C=O) groups excluding carboxylic acids is 1. The molecule has 178 valence electrons. The van der Waals surface area contributed by atoms with E-state index in [0.717, 1.165) is 40.5 Å². The van der Waals surface area contributed by atoms with Crippen molar-refractivity contribution in [3.63, 3.8) is 0 Å². The number of benzene rings is 3. The highest BCUT2D eigenvalue weighted by Crippen LogP contribution is 2.35. The standard InChI is InChI=1S/C30H31N3O2/c1-20-18-25-26(19-21(20)2)29(34)32(3)28(27(25)24-12-8-5-9-13-24)31-30(35)33-16-14-23(15-17-33)22-10-6-4-7-11-22/h4-13,18-19,23H,14-17H2,1-3H3,(H,31,35). The Kier molecular flexibility index (Phi) is 6.16. The van der Waals surface area contributed by atoms with Gasteiger partial charge in [-0.1, -0.05) is 66.7 Å². The van der Waals surface area contributed by atoms with Gasteiger partial charge in [0.1, 0.15) is 5.82 Å². The van der Waals surface area contributed by atoms with Crippen molar-refractivity contribution in [2.75, 3.05) is 18.4 Å². The van der Waals surface area contributed by atoms with Crippen LogP contribution in [0.4, 0.5) is 10.6 Å². The first-order valence-corrected chi connectivity index (χ1v) is 12.2. The SMILES string of the molecule is Cc1cc2c(-c3ccccc3)c(NC(=O)N3CCC(c4ccccc4)CC3)n(C)c(=O)c2cc1C. The van der Waals surface area contributed by atoms with Crippen LogP contribution in [-0.4, -0.2) is 28.6 Å². The quantitative estimate of drug-likeness (QED) is 0.390. The number of nitrogens with one attached hydrogen (secondary N) is 1. The van der Waals surface area contributed by atoms with E-state index in [1.54, 1.807) is 11.6 Å². The first kappa shape index (κ1) is 22.9. The van der Waals surface area contributed by atoms with Gasteiger partial charge < -0.3 is 4.90 Å². The molecule has 5 rings (SSSR count). The summed E-state index contributed by atoms with van der Waals surface area (Å²) in [4.78, 5) is 28.6. The third-order valence-electron chi connectivity index (χ3n) is 7.35. The molecule has 1 aliphatic rings. The molecule has 35 heavy (non-hydrogen) atoms. The highest BCUT2D eigenvalue weighted by Gasteiger charge is 2.26. The van der Waals surface area contributed by atoms with Crippen LogP contribution in [0.2, 0.25) is 0 Å². The largest absolute Gasteiger partial charge is 0.324 e. The summed E-state index contributed by atoms with van der Waals surface area (Å²) in [5.41, 5.74) is 5.25. The van der Waals surface area contributed by atoms with Crippen molar-refractivity contribution in [2.45, 2.75) is 32.6 Å². The molecule has 5 nitrogen and oxygen atoms in total. The number of pyridine rings is 1. The van der Waals surface area contributed by atoms with Crippen molar-refractivity contribution >= 4 is 22.6 Å². The Labute approximate surface area is 206 Å². The van der Waals surface area contributed by atoms with E-state index in [0.29, 0.717) is 30.2 Å². The topological polar surface area (TPSA) is 54.3 Å². The summed E-state index contributed by atoms with van der Waals surface area (Å²) in [6.07, 6.45) is 1.86. The zero-order valence-electron chi connectivity index (χ0n) is 20.5. The maximum absolute atomic E-state index is 13.4. The van der Waals surface area contributed by atoms with E-state index in [1.807, 2.05) is 54.3 Å². The van der Waals surface area contributed by atoms with Crippen LogP contribution in [0.5, 0.6) is 0 Å². The number of piperidine rings is 1. The number of nitrogens with zero attached hydrogens (tertiary/aromatic N) is 2. The molecule has 4 aromatic rings. The number of carbonyl (C=O) groups is 1. The molecule has 0 aliphatic carbocycles. The van der Waals surface area contributed by atoms with Gasteiger partial charge in [-0.05, 0) is 66.3 Å². The smallest absolute Gasteiger partial charge is 0.322 e. The predicted octanol–water partition coefficient (Wildman–Crippen LogP) is 6.23. The van der Waals surface area contributed by atoms with Crippen molar-refractivity contribution in [1.29, 1.82) is 0 Å². The average molecular weight is 466 g/mol. The summed E-state index contributed by atoms with van der Waals surface area (Å²) >= 11 is 0. The van der Waals surface area contributed by atoms with Gasteiger partial charge in [-0.15, -0.1) is 0 Å². The van der Waals surface area contributed by atoms with Crippen LogP contribution in [0.1, 0.15) is 35.4 Å². The fraction of sp³-hybridized carbons (Fsp3) is 0.267. The number of fused-ring (bicyclic) bond motifs is 1. The molecular weight excluding hydrogens is 434 g/mol. The molecule has 0 unspecified atom stereocenters. The van der Waals surface area contributed by atoms with Crippen LogP contribution in [0.25, 0.3) is 21.9 Å². The molecule has 1 N–H and O–H groups in total. The van der Waals surface area contributed by atoms with E-state index in [-0.39, 0.29) is 11.6 Å². The van der Waals surface area contributed by atoms with Crippen molar-refractivity contribution in [3.8, 4) is 11.1 Å². The van der Waals surface area contributed by atoms with Gasteiger partial charge >= 0.3 is 6.03 Å². The minimum Gasteiger partial charge on any atom is -0.324 e. The van der Waals surface area contributed by atoms with E-state index in [2.05, 4.69) is 42.6 Å². The lowest BCUT2D eigenvalue weighted by atomic mass is 9.90. The van der Waals surface area contributed by atoms with Crippen molar-refractivity contribution in [3.05, 3.63) is 99.8 Å². The van der Waals surface area contributed by atoms with Crippen LogP contribution >= 0.6 is 0 Å². The highest BCUT2D eigenvalue weighted by atomic mass is 16.2. The van der Waals surface area contributed by atoms with Crippen molar-refractivity contribution in [1.82, 2.24) is 9.47 Å². The van der Waals surface area contributed by atoms with E-state index in [4.69, 9.17) is 0 Å². The number of likely N-dealkylation sites (tertiary alicyclic amines) is 1. The minimum atomic E-state index is -0.160. The molecule has 0 spiro atoms. The van der Waals surface area contributed by atoms with E-state index >= 15 is 0 Å². The molecule has 2 amide bonds. The molecule has 1 aromatic heterocycles. The van der Waals surface area contributed by atoms with Gasteiger partial charge in [0, 0.05) is 31.1 Å². The van der Waals surface area contributed by atoms with E-state index in [9.17, 15) is 9.59 Å². The monoisotopic (exact) mass is 465 g/mol. The number of hydrogen-bond donors (Lipinski definition) is 1. The Morgan fingerprint density at radius 2 is 1.43 bits per heavy atom. The maximum Gasteiger partial charge on any atom is 0.322 e. The second kappa shape index (κ2) is 9.41. The molecule has 1 aliphatic heterocycles. The zero-order chi connectivity index (χ0) is 24.5. The second-order valence-electron chi connectivity index (χ2n) is 9.54. The molecule has 3 aromatic carbocycles. The van der Waals surface area contributed by atoms with Crippen LogP contribution in [-0.2, 0) is 7.05 Å². The Hall–Kier alpha value is -3.86. The van der Waals surface area contributed by atoms with Gasteiger partial charge in [0.2, 0.25) is 0 Å². The Morgan fingerprint density at radius 3 is 2.06 bits per heavy atom. The summed E-state index contributed by atoms with van der Waals surface area (Å²) in [5.74, 6) is 1.00. The highest BCUT2D eigenvalue weighted by molar-refractivity contribution is 6.05. The number of aromatic nitrogens is 1. The molecule has 0 saturated carbocycles. The number of urea groups is 1. The number of anilines is 1. The minimum absolute atomic E-state index is 0.110. The fourth-order valence-electron chi connectivity index (χ4n) is 5.14. The van der Waals surface area contributed by atoms with Crippen LogP contribution in [0.15, 0.2) is 77.6 Å². The Balaban J connectivity index is 1.51. The fourth-order valence-corrected chi connectivity index (χ4v) is 5.14. The molecule has 0 bridgehead atoms. The predicted molar refractivity (Wildman–Crippen MR) is 143 cm³/mol. The van der Waals surface area contributed by atoms with Crippen LogP contribution in [0.3, 0.4) is 0 Å². The molecule has 0 radical (unpaired) electrons. The number of rotatable bonds is 3. The lowest BCUT2D eigenvalue weighted by Crippen LogP contribution is -2.41. The van der Waals surface area contributed by atoms with Crippen molar-refractivity contribution in [2.24, 2.45) is 7.05 Å². The van der Waals surface area contributed by atoms with Gasteiger partial charge in [-0.2, -0.15) is 0 Å². The van der Waals surface area contributed by atoms with Gasteiger partial charge in [0.15, 0.2) is 0 Å². The molecule has 5 heteroatoms. The number of amides is 2. The van der Waals surface area contributed by atoms with Gasteiger partial charge in [-0.3, -0.25) is 14.7 Å². The first-order valence-electron chi connectivity index (χ1n) is 12.2. The Morgan fingerprint density at radius 1 is 0.857 bits per heavy atom. The normalized spacial score (nSPS) is 14.3. The maximum atomic E-state index is 13.4. The molecule has 2 heterocycles. The summed E-state index contributed by atoms with van der Waals surface area (Å²) in [6.45, 7) is 5.44. The summed E-state index contributed by atoms with van der Waals surface area (Å²) < 4.78 is 1.58.